The van der Waals surface area contributed by atoms with Crippen LogP contribution in [0.4, 0.5) is 0 Å². The summed E-state index contributed by atoms with van der Waals surface area (Å²) >= 11 is 0. The zero-order valence-electron chi connectivity index (χ0n) is 10.8. The van der Waals surface area contributed by atoms with Gasteiger partial charge in [-0.3, -0.25) is 0 Å². The maximum absolute atomic E-state index is 6.25. The first-order chi connectivity index (χ1) is 8.81. The summed E-state index contributed by atoms with van der Waals surface area (Å²) in [6, 6.07) is 8.21. The summed E-state index contributed by atoms with van der Waals surface area (Å²) in [5.41, 5.74) is 9.50. The smallest absolute Gasteiger partial charge is 0.0164 e. The number of allylic oxidation sites excluding steroid dienone is 2. The first kappa shape index (κ1) is 12.7. The van der Waals surface area contributed by atoms with E-state index >= 15 is 0 Å². The molecule has 0 saturated carbocycles. The van der Waals surface area contributed by atoms with Gasteiger partial charge < -0.3 is 5.73 Å². The lowest BCUT2D eigenvalue weighted by Gasteiger charge is -2.12. The Bertz CT molecular complexity index is 468. The van der Waals surface area contributed by atoms with E-state index in [2.05, 4.69) is 36.9 Å². The molecule has 1 aromatic rings. The molecule has 0 aromatic heterocycles. The van der Waals surface area contributed by atoms with Crippen molar-refractivity contribution in [3.8, 4) is 0 Å². The average Bonchev–Trinajstić information content (AvgIpc) is 2.68. The summed E-state index contributed by atoms with van der Waals surface area (Å²) in [6.45, 7) is 3.84. The van der Waals surface area contributed by atoms with E-state index in [9.17, 15) is 0 Å². The van der Waals surface area contributed by atoms with Gasteiger partial charge in [-0.1, -0.05) is 55.5 Å². The Labute approximate surface area is 110 Å². The molecule has 2 rings (SSSR count). The molecule has 0 saturated heterocycles. The quantitative estimate of drug-likeness (QED) is 0.778. The highest BCUT2D eigenvalue weighted by atomic mass is 14.6. The molecule has 0 spiro atoms. The molecule has 1 nitrogen and oxygen atoms in total. The second-order valence-electron chi connectivity index (χ2n) is 4.80. The van der Waals surface area contributed by atoms with Crippen LogP contribution < -0.4 is 5.73 Å². The van der Waals surface area contributed by atoms with Gasteiger partial charge in [-0.05, 0) is 36.5 Å². The highest BCUT2D eigenvalue weighted by molar-refractivity contribution is 5.65. The highest BCUT2D eigenvalue weighted by Gasteiger charge is 2.10. The molecule has 94 valence electrons. The van der Waals surface area contributed by atoms with E-state index in [1.807, 2.05) is 18.2 Å². The molecule has 18 heavy (non-hydrogen) atoms. The predicted octanol–water partition coefficient (Wildman–Crippen LogP) is 4.38. The summed E-state index contributed by atoms with van der Waals surface area (Å²) in [7, 11) is 0. The van der Waals surface area contributed by atoms with Crippen molar-refractivity contribution in [1.29, 1.82) is 0 Å². The summed E-state index contributed by atoms with van der Waals surface area (Å²) in [4.78, 5) is 0. The summed E-state index contributed by atoms with van der Waals surface area (Å²) in [6.07, 6.45) is 13.4. The van der Waals surface area contributed by atoms with Crippen molar-refractivity contribution >= 4 is 12.2 Å². The molecule has 1 unspecified atom stereocenters. The van der Waals surface area contributed by atoms with Crippen molar-refractivity contribution in [2.75, 3.05) is 0 Å². The Balaban J connectivity index is 2.23. The zero-order valence-corrected chi connectivity index (χ0v) is 10.8. The maximum atomic E-state index is 6.25. The largest absolute Gasteiger partial charge is 0.402 e. The van der Waals surface area contributed by atoms with Gasteiger partial charge in [0.1, 0.15) is 0 Å². The first-order valence-electron chi connectivity index (χ1n) is 6.66. The van der Waals surface area contributed by atoms with Crippen molar-refractivity contribution < 1.29 is 0 Å². The van der Waals surface area contributed by atoms with E-state index in [0.717, 1.165) is 23.2 Å². The van der Waals surface area contributed by atoms with Crippen molar-refractivity contribution in [1.82, 2.24) is 0 Å². The molecule has 1 aromatic carbocycles. The lowest BCUT2D eigenvalue weighted by molar-refractivity contribution is 0.621. The van der Waals surface area contributed by atoms with Crippen molar-refractivity contribution in [2.45, 2.75) is 25.7 Å². The van der Waals surface area contributed by atoms with Gasteiger partial charge in [-0.25, -0.2) is 0 Å². The van der Waals surface area contributed by atoms with Crippen molar-refractivity contribution in [2.24, 2.45) is 11.7 Å². The molecule has 0 bridgehead atoms. The van der Waals surface area contributed by atoms with Crippen LogP contribution in [-0.4, -0.2) is 0 Å². The summed E-state index contributed by atoms with van der Waals surface area (Å²) in [5.74, 6) is 0.394. The van der Waals surface area contributed by atoms with Gasteiger partial charge in [-0.2, -0.15) is 0 Å². The van der Waals surface area contributed by atoms with Crippen LogP contribution in [-0.2, 0) is 0 Å². The molecule has 0 radical (unpaired) electrons. The van der Waals surface area contributed by atoms with Gasteiger partial charge >= 0.3 is 0 Å². The molecule has 2 N–H and O–H groups in total. The standard InChI is InChI=1S/C17H21N/c1-2-14-9-7-8-12-16(14)13-17(18)15-10-5-3-4-6-11-15/h2,5,7-10,12-13,15H,1,3-4,6,11,18H2/b17-13-. The van der Waals surface area contributed by atoms with Crippen LogP contribution in [0.3, 0.4) is 0 Å². The Kier molecular flexibility index (Phi) is 4.40. The normalized spacial score (nSPS) is 20.4. The van der Waals surface area contributed by atoms with E-state index in [-0.39, 0.29) is 0 Å². The minimum absolute atomic E-state index is 0.394. The average molecular weight is 239 g/mol. The molecule has 0 amide bonds. The molecule has 1 aliphatic rings. The SMILES string of the molecule is C=Cc1ccccc1/C=C(\N)C1C=CCCCC1. The third-order valence-electron chi connectivity index (χ3n) is 3.47. The second-order valence-corrected chi connectivity index (χ2v) is 4.80. The van der Waals surface area contributed by atoms with Crippen molar-refractivity contribution in [3.63, 3.8) is 0 Å². The monoisotopic (exact) mass is 239 g/mol. The fourth-order valence-electron chi connectivity index (χ4n) is 2.38. The van der Waals surface area contributed by atoms with Gasteiger partial charge in [0.15, 0.2) is 0 Å². The summed E-state index contributed by atoms with van der Waals surface area (Å²) < 4.78 is 0. The Morgan fingerprint density at radius 2 is 2.00 bits per heavy atom. The van der Waals surface area contributed by atoms with Crippen LogP contribution >= 0.6 is 0 Å². The fourth-order valence-corrected chi connectivity index (χ4v) is 2.38. The van der Waals surface area contributed by atoms with Gasteiger partial charge in [0, 0.05) is 11.6 Å². The van der Waals surface area contributed by atoms with Crippen LogP contribution in [0.1, 0.15) is 36.8 Å². The highest BCUT2D eigenvalue weighted by Crippen LogP contribution is 2.23. The van der Waals surface area contributed by atoms with Gasteiger partial charge in [0.2, 0.25) is 0 Å². The Morgan fingerprint density at radius 3 is 2.78 bits per heavy atom. The lowest BCUT2D eigenvalue weighted by atomic mass is 9.97. The number of benzene rings is 1. The van der Waals surface area contributed by atoms with Crippen LogP contribution in [0.2, 0.25) is 0 Å². The number of hydrogen-bond acceptors (Lipinski definition) is 1. The number of nitrogens with two attached hydrogens (primary N) is 1. The lowest BCUT2D eigenvalue weighted by Crippen LogP contribution is -2.09. The van der Waals surface area contributed by atoms with E-state index in [1.165, 1.54) is 19.3 Å². The fraction of sp³-hybridized carbons (Fsp3) is 0.294. The summed E-state index contributed by atoms with van der Waals surface area (Å²) in [5, 5.41) is 0. The second kappa shape index (κ2) is 6.25. The zero-order chi connectivity index (χ0) is 12.8. The van der Waals surface area contributed by atoms with Gasteiger partial charge in [0.25, 0.3) is 0 Å². The minimum atomic E-state index is 0.394. The maximum Gasteiger partial charge on any atom is 0.0164 e. The van der Waals surface area contributed by atoms with E-state index in [4.69, 9.17) is 5.73 Å². The molecular weight excluding hydrogens is 218 g/mol. The van der Waals surface area contributed by atoms with E-state index in [1.54, 1.807) is 0 Å². The molecular formula is C17H21N. The van der Waals surface area contributed by atoms with Crippen LogP contribution in [0, 0.1) is 5.92 Å². The van der Waals surface area contributed by atoms with Crippen LogP contribution in [0.5, 0.6) is 0 Å². The van der Waals surface area contributed by atoms with Gasteiger partial charge in [-0.15, -0.1) is 0 Å². The Hall–Kier alpha value is -1.76. The number of rotatable bonds is 3. The third kappa shape index (κ3) is 3.13. The Morgan fingerprint density at radius 1 is 1.22 bits per heavy atom. The first-order valence-corrected chi connectivity index (χ1v) is 6.66. The van der Waals surface area contributed by atoms with Crippen LogP contribution in [0.25, 0.3) is 12.2 Å². The molecule has 1 heteroatoms. The van der Waals surface area contributed by atoms with Crippen LogP contribution in [0.15, 0.2) is 48.7 Å². The topological polar surface area (TPSA) is 26.0 Å². The number of hydrogen-bond donors (Lipinski definition) is 1. The molecule has 0 fully saturated rings. The molecule has 0 heterocycles. The molecule has 0 aliphatic heterocycles. The predicted molar refractivity (Wildman–Crippen MR) is 79.8 cm³/mol. The minimum Gasteiger partial charge on any atom is -0.402 e. The van der Waals surface area contributed by atoms with E-state index < -0.39 is 0 Å². The van der Waals surface area contributed by atoms with Gasteiger partial charge in [0.05, 0.1) is 0 Å². The molecule has 1 atom stereocenters. The third-order valence-corrected chi connectivity index (χ3v) is 3.47. The van der Waals surface area contributed by atoms with Crippen molar-refractivity contribution in [3.05, 3.63) is 59.8 Å². The van der Waals surface area contributed by atoms with E-state index in [0.29, 0.717) is 5.92 Å². The molecule has 1 aliphatic carbocycles.